The number of hydrogen-bond donors (Lipinski definition) is 0. The average molecular weight is 251 g/mol. The second-order valence-electron chi connectivity index (χ2n) is 5.20. The van der Waals surface area contributed by atoms with Gasteiger partial charge in [-0.3, -0.25) is 4.79 Å². The van der Waals surface area contributed by atoms with Crippen molar-refractivity contribution in [3.05, 3.63) is 34.9 Å². The lowest BCUT2D eigenvalue weighted by molar-refractivity contribution is -0.123. The minimum absolute atomic E-state index is 0.259. The highest BCUT2D eigenvalue weighted by Crippen LogP contribution is 2.30. The molecular weight excluding hydrogens is 232 g/mol. The summed E-state index contributed by atoms with van der Waals surface area (Å²) in [4.78, 5) is 12.2. The van der Waals surface area contributed by atoms with E-state index >= 15 is 0 Å². The van der Waals surface area contributed by atoms with Gasteiger partial charge in [0, 0.05) is 17.4 Å². The first-order chi connectivity index (χ1) is 8.16. The Kier molecular flexibility index (Phi) is 4.22. The van der Waals surface area contributed by atoms with Gasteiger partial charge in [0.05, 0.1) is 0 Å². The summed E-state index contributed by atoms with van der Waals surface area (Å²) in [5.74, 6) is 1.32. The Morgan fingerprint density at radius 3 is 2.82 bits per heavy atom. The van der Waals surface area contributed by atoms with Gasteiger partial charge in [0.1, 0.15) is 5.78 Å². The molecular formula is C15H19ClO. The quantitative estimate of drug-likeness (QED) is 0.783. The molecule has 92 valence electrons. The van der Waals surface area contributed by atoms with Gasteiger partial charge in [-0.05, 0) is 30.4 Å². The highest BCUT2D eigenvalue weighted by Gasteiger charge is 2.25. The van der Waals surface area contributed by atoms with Crippen molar-refractivity contribution in [2.24, 2.45) is 11.8 Å². The Morgan fingerprint density at radius 1 is 1.35 bits per heavy atom. The van der Waals surface area contributed by atoms with Crippen LogP contribution in [0.4, 0.5) is 0 Å². The van der Waals surface area contributed by atoms with Gasteiger partial charge in [-0.2, -0.15) is 0 Å². The van der Waals surface area contributed by atoms with Gasteiger partial charge in [0.15, 0.2) is 0 Å². The summed E-state index contributed by atoms with van der Waals surface area (Å²) in [5.41, 5.74) is 0.970. The third kappa shape index (κ3) is 3.32. The molecule has 0 spiro atoms. The minimum atomic E-state index is 0.259. The highest BCUT2D eigenvalue weighted by atomic mass is 35.5. The third-order valence-electron chi connectivity index (χ3n) is 3.71. The summed E-state index contributed by atoms with van der Waals surface area (Å²) in [7, 11) is 0. The Labute approximate surface area is 108 Å². The van der Waals surface area contributed by atoms with E-state index in [0.717, 1.165) is 18.4 Å². The Hall–Kier alpha value is -0.820. The number of hydrogen-bond acceptors (Lipinski definition) is 1. The van der Waals surface area contributed by atoms with Gasteiger partial charge >= 0.3 is 0 Å². The van der Waals surface area contributed by atoms with E-state index in [4.69, 9.17) is 11.6 Å². The molecule has 1 nitrogen and oxygen atoms in total. The lowest BCUT2D eigenvalue weighted by atomic mass is 9.79. The standard InChI is InChI=1S/C15H19ClO/c1-11-5-4-7-13(9-11)15(17)10-12-6-2-3-8-14(12)16/h2-3,6,8,11,13H,4-5,7,9-10H2,1H3. The van der Waals surface area contributed by atoms with E-state index in [1.54, 1.807) is 0 Å². The summed E-state index contributed by atoms with van der Waals surface area (Å²) in [6, 6.07) is 7.65. The van der Waals surface area contributed by atoms with Crippen molar-refractivity contribution < 1.29 is 4.79 Å². The van der Waals surface area contributed by atoms with Gasteiger partial charge in [-0.1, -0.05) is 49.6 Å². The van der Waals surface area contributed by atoms with Crippen molar-refractivity contribution in [3.63, 3.8) is 0 Å². The van der Waals surface area contributed by atoms with Crippen LogP contribution >= 0.6 is 11.6 Å². The number of benzene rings is 1. The molecule has 0 saturated heterocycles. The molecule has 0 N–H and O–H groups in total. The molecule has 1 aromatic carbocycles. The highest BCUT2D eigenvalue weighted by molar-refractivity contribution is 6.31. The average Bonchev–Trinajstić information content (AvgIpc) is 2.32. The molecule has 1 fully saturated rings. The predicted octanol–water partition coefficient (Wildman–Crippen LogP) is 4.28. The molecule has 2 unspecified atom stereocenters. The van der Waals surface area contributed by atoms with E-state index in [-0.39, 0.29) is 5.92 Å². The first kappa shape index (κ1) is 12.6. The number of rotatable bonds is 3. The Balaban J connectivity index is 1.99. The lowest BCUT2D eigenvalue weighted by Crippen LogP contribution is -2.23. The van der Waals surface area contributed by atoms with E-state index in [1.165, 1.54) is 12.8 Å². The number of Topliss-reactive ketones (excluding diaryl/α,β-unsaturated/α-hetero) is 1. The van der Waals surface area contributed by atoms with Crippen LogP contribution in [0, 0.1) is 11.8 Å². The minimum Gasteiger partial charge on any atom is -0.299 e. The predicted molar refractivity (Wildman–Crippen MR) is 71.3 cm³/mol. The molecule has 1 saturated carbocycles. The van der Waals surface area contributed by atoms with E-state index < -0.39 is 0 Å². The fraction of sp³-hybridized carbons (Fsp3) is 0.533. The maximum absolute atomic E-state index is 12.2. The fourth-order valence-electron chi connectivity index (χ4n) is 2.70. The second kappa shape index (κ2) is 5.68. The maximum Gasteiger partial charge on any atom is 0.140 e. The van der Waals surface area contributed by atoms with Crippen molar-refractivity contribution in [2.45, 2.75) is 39.0 Å². The molecule has 0 aliphatic heterocycles. The maximum atomic E-state index is 12.2. The smallest absolute Gasteiger partial charge is 0.140 e. The van der Waals surface area contributed by atoms with E-state index in [2.05, 4.69) is 6.92 Å². The molecule has 1 aromatic rings. The van der Waals surface area contributed by atoms with E-state index in [0.29, 0.717) is 23.1 Å². The van der Waals surface area contributed by atoms with Crippen molar-refractivity contribution in [1.29, 1.82) is 0 Å². The molecule has 0 heterocycles. The van der Waals surface area contributed by atoms with Crippen LogP contribution in [0.5, 0.6) is 0 Å². The summed E-state index contributed by atoms with van der Waals surface area (Å²) in [6.07, 6.45) is 5.09. The van der Waals surface area contributed by atoms with Gasteiger partial charge in [0.2, 0.25) is 0 Å². The van der Waals surface area contributed by atoms with Crippen LogP contribution in [0.3, 0.4) is 0 Å². The van der Waals surface area contributed by atoms with Crippen LogP contribution in [0.2, 0.25) is 5.02 Å². The van der Waals surface area contributed by atoms with Crippen molar-refractivity contribution in [2.75, 3.05) is 0 Å². The molecule has 0 radical (unpaired) electrons. The molecule has 0 amide bonds. The molecule has 2 rings (SSSR count). The monoisotopic (exact) mass is 250 g/mol. The van der Waals surface area contributed by atoms with Crippen LogP contribution in [-0.4, -0.2) is 5.78 Å². The summed E-state index contributed by atoms with van der Waals surface area (Å²) in [5, 5.41) is 0.713. The van der Waals surface area contributed by atoms with Crippen LogP contribution in [0.25, 0.3) is 0 Å². The largest absolute Gasteiger partial charge is 0.299 e. The van der Waals surface area contributed by atoms with E-state index in [9.17, 15) is 4.79 Å². The van der Waals surface area contributed by atoms with Crippen LogP contribution in [0.15, 0.2) is 24.3 Å². The van der Waals surface area contributed by atoms with Gasteiger partial charge in [-0.15, -0.1) is 0 Å². The fourth-order valence-corrected chi connectivity index (χ4v) is 2.90. The number of carbonyl (C=O) groups excluding carboxylic acids is 1. The molecule has 17 heavy (non-hydrogen) atoms. The molecule has 1 aliphatic carbocycles. The molecule has 0 aromatic heterocycles. The first-order valence-corrected chi connectivity index (χ1v) is 6.80. The lowest BCUT2D eigenvalue weighted by Gasteiger charge is -2.25. The van der Waals surface area contributed by atoms with Gasteiger partial charge < -0.3 is 0 Å². The van der Waals surface area contributed by atoms with Crippen LogP contribution in [-0.2, 0) is 11.2 Å². The van der Waals surface area contributed by atoms with E-state index in [1.807, 2.05) is 24.3 Å². The van der Waals surface area contributed by atoms with Crippen LogP contribution in [0.1, 0.15) is 38.2 Å². The van der Waals surface area contributed by atoms with Crippen molar-refractivity contribution in [3.8, 4) is 0 Å². The number of halogens is 1. The van der Waals surface area contributed by atoms with Crippen molar-refractivity contribution in [1.82, 2.24) is 0 Å². The second-order valence-corrected chi connectivity index (χ2v) is 5.61. The molecule has 2 heteroatoms. The zero-order valence-corrected chi connectivity index (χ0v) is 11.0. The molecule has 0 bridgehead atoms. The number of carbonyl (C=O) groups is 1. The normalized spacial score (nSPS) is 24.6. The topological polar surface area (TPSA) is 17.1 Å². The molecule has 2 atom stereocenters. The molecule has 1 aliphatic rings. The third-order valence-corrected chi connectivity index (χ3v) is 4.08. The summed E-state index contributed by atoms with van der Waals surface area (Å²) in [6.45, 7) is 2.24. The first-order valence-electron chi connectivity index (χ1n) is 6.43. The Morgan fingerprint density at radius 2 is 2.12 bits per heavy atom. The van der Waals surface area contributed by atoms with Crippen molar-refractivity contribution >= 4 is 17.4 Å². The number of ketones is 1. The zero-order valence-electron chi connectivity index (χ0n) is 10.3. The van der Waals surface area contributed by atoms with Gasteiger partial charge in [-0.25, -0.2) is 0 Å². The van der Waals surface area contributed by atoms with Crippen LogP contribution < -0.4 is 0 Å². The Bertz CT molecular complexity index is 400. The zero-order chi connectivity index (χ0) is 12.3. The summed E-state index contributed by atoms with van der Waals surface area (Å²) < 4.78 is 0. The SMILES string of the molecule is CC1CCCC(C(=O)Cc2ccccc2Cl)C1. The van der Waals surface area contributed by atoms with Gasteiger partial charge in [0.25, 0.3) is 0 Å². The summed E-state index contributed by atoms with van der Waals surface area (Å²) >= 11 is 6.08.